The number of fused-ring (bicyclic) bond motifs is 3. The minimum atomic E-state index is -0.0643. The van der Waals surface area contributed by atoms with Gasteiger partial charge in [-0.05, 0) is 44.7 Å². The number of aromatic nitrogens is 4. The van der Waals surface area contributed by atoms with Gasteiger partial charge in [-0.1, -0.05) is 24.1 Å². The first kappa shape index (κ1) is 19.0. The third kappa shape index (κ3) is 3.64. The first-order valence-electron chi connectivity index (χ1n) is 11.0. The highest BCUT2D eigenvalue weighted by atomic mass is 16.1. The van der Waals surface area contributed by atoms with E-state index in [4.69, 9.17) is 4.98 Å². The van der Waals surface area contributed by atoms with E-state index in [-0.39, 0.29) is 11.8 Å². The summed E-state index contributed by atoms with van der Waals surface area (Å²) in [5.74, 6) is 2.00. The fourth-order valence-corrected chi connectivity index (χ4v) is 4.62. The molecule has 7 heteroatoms. The van der Waals surface area contributed by atoms with Crippen LogP contribution in [0.25, 0.3) is 11.2 Å². The van der Waals surface area contributed by atoms with Crippen molar-refractivity contribution in [2.45, 2.75) is 52.0 Å². The number of amides is 1. The van der Waals surface area contributed by atoms with E-state index in [9.17, 15) is 4.79 Å². The SMILES string of the molecule is Cc1ccc(NC(=O)[C@@H]2CCCN(c3ncnc4c3nc3n4CCCCC3)C2)cc1. The van der Waals surface area contributed by atoms with Crippen molar-refractivity contribution in [2.75, 3.05) is 23.3 Å². The van der Waals surface area contributed by atoms with Gasteiger partial charge in [0.05, 0.1) is 5.92 Å². The molecule has 2 aliphatic heterocycles. The number of imidazole rings is 1. The van der Waals surface area contributed by atoms with Crippen LogP contribution >= 0.6 is 0 Å². The Kier molecular flexibility index (Phi) is 5.11. The summed E-state index contributed by atoms with van der Waals surface area (Å²) >= 11 is 0. The fourth-order valence-electron chi connectivity index (χ4n) is 4.62. The van der Waals surface area contributed by atoms with E-state index in [0.29, 0.717) is 6.54 Å². The number of rotatable bonds is 3. The summed E-state index contributed by atoms with van der Waals surface area (Å²) in [7, 11) is 0. The number of benzene rings is 1. The van der Waals surface area contributed by atoms with Crippen molar-refractivity contribution >= 4 is 28.6 Å². The maximum Gasteiger partial charge on any atom is 0.229 e. The molecule has 30 heavy (non-hydrogen) atoms. The molecule has 0 spiro atoms. The van der Waals surface area contributed by atoms with E-state index in [1.807, 2.05) is 31.2 Å². The Morgan fingerprint density at radius 2 is 1.93 bits per heavy atom. The number of anilines is 2. The molecule has 1 atom stereocenters. The largest absolute Gasteiger partial charge is 0.354 e. The molecule has 4 heterocycles. The second kappa shape index (κ2) is 8.05. The first-order chi connectivity index (χ1) is 14.7. The summed E-state index contributed by atoms with van der Waals surface area (Å²) in [4.78, 5) is 29.2. The zero-order chi connectivity index (χ0) is 20.5. The zero-order valence-electron chi connectivity index (χ0n) is 17.5. The molecule has 7 nitrogen and oxygen atoms in total. The van der Waals surface area contributed by atoms with Gasteiger partial charge in [0, 0.05) is 31.7 Å². The number of piperidine rings is 1. The minimum Gasteiger partial charge on any atom is -0.354 e. The summed E-state index contributed by atoms with van der Waals surface area (Å²) in [6.07, 6.45) is 8.09. The Labute approximate surface area is 176 Å². The van der Waals surface area contributed by atoms with E-state index in [2.05, 4.69) is 24.8 Å². The first-order valence-corrected chi connectivity index (χ1v) is 11.0. The molecule has 1 saturated heterocycles. The molecule has 0 radical (unpaired) electrons. The second-order valence-electron chi connectivity index (χ2n) is 8.50. The van der Waals surface area contributed by atoms with E-state index in [1.165, 1.54) is 24.8 Å². The molecular weight excluding hydrogens is 376 g/mol. The standard InChI is InChI=1S/C23H28N6O/c1-16-8-10-18(11-9-16)26-23(30)17-6-5-12-28(14-17)21-20-22(25-15-24-21)29-13-4-2-3-7-19(29)27-20/h8-11,15,17H,2-7,12-14H2,1H3,(H,26,30)/t17-/m1/s1. The van der Waals surface area contributed by atoms with Gasteiger partial charge in [-0.2, -0.15) is 0 Å². The molecule has 1 aromatic carbocycles. The summed E-state index contributed by atoms with van der Waals surface area (Å²) in [5, 5.41) is 3.08. The summed E-state index contributed by atoms with van der Waals surface area (Å²) in [6, 6.07) is 7.95. The average molecular weight is 405 g/mol. The highest BCUT2D eigenvalue weighted by molar-refractivity contribution is 5.93. The Hall–Kier alpha value is -2.96. The Balaban J connectivity index is 1.37. The molecule has 1 amide bonds. The minimum absolute atomic E-state index is 0.0643. The van der Waals surface area contributed by atoms with Crippen LogP contribution in [0.15, 0.2) is 30.6 Å². The van der Waals surface area contributed by atoms with Crippen LogP contribution in [0.2, 0.25) is 0 Å². The molecule has 156 valence electrons. The molecule has 2 aliphatic rings. The van der Waals surface area contributed by atoms with Gasteiger partial charge >= 0.3 is 0 Å². The third-order valence-electron chi connectivity index (χ3n) is 6.28. The van der Waals surface area contributed by atoms with Crippen LogP contribution in [0, 0.1) is 12.8 Å². The molecule has 0 saturated carbocycles. The molecule has 0 aliphatic carbocycles. The van der Waals surface area contributed by atoms with Gasteiger partial charge in [-0.15, -0.1) is 0 Å². The van der Waals surface area contributed by atoms with Crippen molar-refractivity contribution in [3.8, 4) is 0 Å². The lowest BCUT2D eigenvalue weighted by atomic mass is 9.97. The highest BCUT2D eigenvalue weighted by Crippen LogP contribution is 2.29. The highest BCUT2D eigenvalue weighted by Gasteiger charge is 2.29. The van der Waals surface area contributed by atoms with Crippen molar-refractivity contribution in [3.63, 3.8) is 0 Å². The van der Waals surface area contributed by atoms with Crippen LogP contribution in [0.1, 0.15) is 43.5 Å². The topological polar surface area (TPSA) is 75.9 Å². The predicted molar refractivity (Wildman–Crippen MR) is 118 cm³/mol. The Bertz CT molecular complexity index is 1060. The van der Waals surface area contributed by atoms with Crippen molar-refractivity contribution in [1.82, 2.24) is 19.5 Å². The maximum absolute atomic E-state index is 12.9. The van der Waals surface area contributed by atoms with E-state index in [0.717, 1.165) is 60.8 Å². The number of hydrogen-bond acceptors (Lipinski definition) is 5. The third-order valence-corrected chi connectivity index (χ3v) is 6.28. The van der Waals surface area contributed by atoms with Crippen molar-refractivity contribution in [3.05, 3.63) is 42.0 Å². The molecule has 2 aromatic heterocycles. The van der Waals surface area contributed by atoms with Gasteiger partial charge < -0.3 is 14.8 Å². The van der Waals surface area contributed by atoms with E-state index in [1.54, 1.807) is 6.33 Å². The summed E-state index contributed by atoms with van der Waals surface area (Å²) in [6.45, 7) is 4.57. The van der Waals surface area contributed by atoms with Crippen LogP contribution in [-0.2, 0) is 17.8 Å². The molecule has 1 fully saturated rings. The van der Waals surface area contributed by atoms with Crippen molar-refractivity contribution in [1.29, 1.82) is 0 Å². The van der Waals surface area contributed by atoms with Gasteiger partial charge in [0.25, 0.3) is 0 Å². The lowest BCUT2D eigenvalue weighted by Crippen LogP contribution is -2.41. The number of aryl methyl sites for hydroxylation is 3. The quantitative estimate of drug-likeness (QED) is 0.720. The van der Waals surface area contributed by atoms with E-state index >= 15 is 0 Å². The lowest BCUT2D eigenvalue weighted by Gasteiger charge is -2.32. The van der Waals surface area contributed by atoms with Crippen LogP contribution in [0.5, 0.6) is 0 Å². The van der Waals surface area contributed by atoms with Gasteiger partial charge in [0.2, 0.25) is 5.91 Å². The van der Waals surface area contributed by atoms with Crippen LogP contribution in [0.3, 0.4) is 0 Å². The molecule has 0 unspecified atom stereocenters. The zero-order valence-corrected chi connectivity index (χ0v) is 17.5. The van der Waals surface area contributed by atoms with Gasteiger partial charge in [0.1, 0.15) is 12.2 Å². The normalized spacial score (nSPS) is 19.4. The van der Waals surface area contributed by atoms with Gasteiger partial charge in [-0.3, -0.25) is 4.79 Å². The number of hydrogen-bond donors (Lipinski definition) is 1. The fraction of sp³-hybridized carbons (Fsp3) is 0.478. The van der Waals surface area contributed by atoms with Gasteiger partial charge in [-0.25, -0.2) is 15.0 Å². The number of nitrogens with zero attached hydrogens (tertiary/aromatic N) is 5. The number of nitrogens with one attached hydrogen (secondary N) is 1. The van der Waals surface area contributed by atoms with Crippen molar-refractivity contribution < 1.29 is 4.79 Å². The van der Waals surface area contributed by atoms with Crippen LogP contribution in [0.4, 0.5) is 11.5 Å². The van der Waals surface area contributed by atoms with Crippen molar-refractivity contribution in [2.24, 2.45) is 5.92 Å². The number of carbonyl (C=O) groups excluding carboxylic acids is 1. The van der Waals surface area contributed by atoms with Crippen LogP contribution in [-0.4, -0.2) is 38.5 Å². The number of carbonyl (C=O) groups is 1. The van der Waals surface area contributed by atoms with Crippen LogP contribution < -0.4 is 10.2 Å². The maximum atomic E-state index is 12.9. The Morgan fingerprint density at radius 1 is 1.07 bits per heavy atom. The smallest absolute Gasteiger partial charge is 0.229 e. The monoisotopic (exact) mass is 404 g/mol. The summed E-state index contributed by atoms with van der Waals surface area (Å²) in [5.41, 5.74) is 3.85. The van der Waals surface area contributed by atoms with E-state index < -0.39 is 0 Å². The lowest BCUT2D eigenvalue weighted by molar-refractivity contribution is -0.120. The molecule has 5 rings (SSSR count). The molecule has 1 N–H and O–H groups in total. The molecule has 3 aromatic rings. The predicted octanol–water partition coefficient (Wildman–Crippen LogP) is 3.72. The average Bonchev–Trinajstić information content (AvgIpc) is 2.96. The van der Waals surface area contributed by atoms with Gasteiger partial charge in [0.15, 0.2) is 17.0 Å². The Morgan fingerprint density at radius 3 is 2.80 bits per heavy atom. The second-order valence-corrected chi connectivity index (χ2v) is 8.50. The molecular formula is C23H28N6O. The summed E-state index contributed by atoms with van der Waals surface area (Å²) < 4.78 is 2.26. The molecule has 0 bridgehead atoms.